The molecule has 3 aromatic heterocycles. The van der Waals surface area contributed by atoms with Crippen molar-refractivity contribution in [3.8, 4) is 16.9 Å². The van der Waals surface area contributed by atoms with E-state index < -0.39 is 6.10 Å². The maximum absolute atomic E-state index is 12.9. The highest BCUT2D eigenvalue weighted by atomic mass is 16.5. The van der Waals surface area contributed by atoms with Crippen molar-refractivity contribution in [2.24, 2.45) is 0 Å². The molecule has 446 valence electrons. The third-order valence-electron chi connectivity index (χ3n) is 15.3. The monoisotopic (exact) mass is 1140 g/mol. The van der Waals surface area contributed by atoms with Crippen LogP contribution in [0, 0.1) is 13.8 Å². The molecule has 22 heteroatoms. The minimum Gasteiger partial charge on any atom is -0.492 e. The van der Waals surface area contributed by atoms with Crippen LogP contribution in [-0.2, 0) is 60.9 Å². The Bertz CT molecular complexity index is 2980. The maximum atomic E-state index is 12.9. The number of β-amino-alcohol motifs (C(OH)–C–C–N with tert-alkyl or cyclic N) is 1. The first kappa shape index (κ1) is 60.7. The number of fused-ring (bicyclic) bond motifs is 2. The number of hydrogen-bond acceptors (Lipinski definition) is 18. The van der Waals surface area contributed by atoms with Gasteiger partial charge in [0.2, 0.25) is 11.8 Å². The van der Waals surface area contributed by atoms with Gasteiger partial charge in [0, 0.05) is 103 Å². The number of aliphatic hydroxyl groups is 1. The first-order valence-corrected chi connectivity index (χ1v) is 29.4. The molecule has 9 rings (SSSR count). The van der Waals surface area contributed by atoms with Gasteiger partial charge in [0.15, 0.2) is 0 Å². The van der Waals surface area contributed by atoms with Gasteiger partial charge in [-0.1, -0.05) is 47.6 Å². The zero-order chi connectivity index (χ0) is 57.6. The average molecular weight is 1140 g/mol. The van der Waals surface area contributed by atoms with Gasteiger partial charge < -0.3 is 59.1 Å². The molecule has 1 atom stereocenters. The summed E-state index contributed by atoms with van der Waals surface area (Å²) in [4.78, 5) is 58.4. The molecular weight excluding hydrogens is 1060 g/mol. The van der Waals surface area contributed by atoms with Crippen LogP contribution in [0.15, 0.2) is 83.6 Å². The van der Waals surface area contributed by atoms with Crippen molar-refractivity contribution in [1.29, 1.82) is 0 Å². The number of aromatic nitrogens is 5. The molecule has 3 aliphatic rings. The van der Waals surface area contributed by atoms with Crippen LogP contribution < -0.4 is 26.0 Å². The highest BCUT2D eigenvalue weighted by Gasteiger charge is 2.24. The molecule has 3 aromatic carbocycles. The van der Waals surface area contributed by atoms with Gasteiger partial charge in [-0.05, 0) is 86.1 Å². The van der Waals surface area contributed by atoms with Crippen LogP contribution in [0.5, 0.6) is 5.75 Å². The number of nitrogens with zero attached hydrogens (tertiary/aromatic N) is 8. The Morgan fingerprint density at radius 1 is 0.747 bits per heavy atom. The molecule has 6 aromatic rings. The molecule has 3 amide bonds. The lowest BCUT2D eigenvalue weighted by Gasteiger charge is -2.32. The second-order valence-electron chi connectivity index (χ2n) is 21.4. The second kappa shape index (κ2) is 31.7. The first-order valence-electron chi connectivity index (χ1n) is 29.4. The van der Waals surface area contributed by atoms with Gasteiger partial charge in [0.1, 0.15) is 41.8 Å². The number of hydrogen-bond donors (Lipinski definition) is 5. The van der Waals surface area contributed by atoms with Crippen molar-refractivity contribution in [2.75, 3.05) is 137 Å². The zero-order valence-corrected chi connectivity index (χ0v) is 48.2. The Balaban J connectivity index is 0.554. The summed E-state index contributed by atoms with van der Waals surface area (Å²) in [5.74, 6) is 2.63. The molecule has 0 spiro atoms. The van der Waals surface area contributed by atoms with Crippen LogP contribution in [0.4, 0.5) is 5.82 Å². The SMILES string of the molecule is Cc1noc(C)c1-c1ccc2c(c1)nc(CCc1ccc(OCCNC(=O)CCOCCOCCOCCNC(=O)CN3CCC(Nc4cc(C(=O)NC[C@H](O)CN5CCc6ccccc6C5)ncn4)CC3)cc1)n2CCN1CCOCC1. The van der Waals surface area contributed by atoms with Crippen LogP contribution in [-0.4, -0.2) is 206 Å². The molecule has 0 unspecified atom stereocenters. The number of morpholine rings is 1. The van der Waals surface area contributed by atoms with E-state index in [9.17, 15) is 19.5 Å². The molecule has 83 heavy (non-hydrogen) atoms. The Hall–Kier alpha value is -6.89. The van der Waals surface area contributed by atoms with Crippen LogP contribution in [0.25, 0.3) is 22.2 Å². The van der Waals surface area contributed by atoms with E-state index in [-0.39, 0.29) is 49.0 Å². The molecule has 2 fully saturated rings. The van der Waals surface area contributed by atoms with Crippen LogP contribution in [0.3, 0.4) is 0 Å². The molecule has 2 saturated heterocycles. The normalized spacial score (nSPS) is 15.7. The van der Waals surface area contributed by atoms with E-state index in [1.54, 1.807) is 6.07 Å². The lowest BCUT2D eigenvalue weighted by atomic mass is 10.00. The van der Waals surface area contributed by atoms with Gasteiger partial charge in [0.05, 0.1) is 88.8 Å². The van der Waals surface area contributed by atoms with Crippen molar-refractivity contribution in [3.63, 3.8) is 0 Å². The van der Waals surface area contributed by atoms with E-state index >= 15 is 0 Å². The number of aliphatic hydroxyl groups excluding tert-OH is 1. The lowest BCUT2D eigenvalue weighted by molar-refractivity contribution is -0.123. The van der Waals surface area contributed by atoms with E-state index in [4.69, 9.17) is 33.2 Å². The summed E-state index contributed by atoms with van der Waals surface area (Å²) in [6.07, 6.45) is 5.09. The van der Waals surface area contributed by atoms with E-state index in [1.807, 2.05) is 32.0 Å². The topological polar surface area (TPSA) is 245 Å². The maximum Gasteiger partial charge on any atom is 0.270 e. The fourth-order valence-corrected chi connectivity index (χ4v) is 10.8. The molecule has 0 aliphatic carbocycles. The number of amides is 3. The van der Waals surface area contributed by atoms with E-state index in [1.165, 1.54) is 23.0 Å². The summed E-state index contributed by atoms with van der Waals surface area (Å²) in [6.45, 7) is 16.5. The average Bonchev–Trinajstić information content (AvgIpc) is 3.98. The second-order valence-corrected chi connectivity index (χ2v) is 21.4. The standard InChI is InChI=1S/C61H82N12O10/c1-44-60(45(2)83-69-44)48-10-13-55-53(37-48)68-57(73(55)25-24-70-26-31-80-32-27-70)14-9-46-7-11-52(12-8-46)82-30-20-62-58(75)18-28-78-33-35-81-36-34-79-29-19-63-59(76)42-71-22-16-50(17-23-71)67-56-38-54(65-43-66-56)61(77)64-39-51(74)41-72-21-15-47-5-3-4-6-49(47)40-72/h3-8,10-13,37-38,43,50-51,74H,9,14-36,39-42H2,1-2H3,(H,62,75)(H,63,76)(H,64,77)(H,65,66,67)/t51-/m0/s1. The number of aryl methyl sites for hydroxylation is 4. The van der Waals surface area contributed by atoms with Crippen molar-refractivity contribution >= 4 is 34.6 Å². The van der Waals surface area contributed by atoms with Gasteiger partial charge in [-0.25, -0.2) is 15.0 Å². The lowest BCUT2D eigenvalue weighted by Crippen LogP contribution is -2.44. The first-order chi connectivity index (χ1) is 40.6. The summed E-state index contributed by atoms with van der Waals surface area (Å²) in [7, 11) is 0. The Kier molecular flexibility index (Phi) is 23.2. The number of imidazole rings is 1. The van der Waals surface area contributed by atoms with Gasteiger partial charge in [0.25, 0.3) is 5.91 Å². The quantitative estimate of drug-likeness (QED) is 0.0375. The largest absolute Gasteiger partial charge is 0.492 e. The van der Waals surface area contributed by atoms with E-state index in [2.05, 4.69) is 104 Å². The van der Waals surface area contributed by atoms with Crippen molar-refractivity contribution < 1.29 is 47.7 Å². The summed E-state index contributed by atoms with van der Waals surface area (Å²) in [5, 5.41) is 26.9. The number of benzene rings is 3. The van der Waals surface area contributed by atoms with Crippen molar-refractivity contribution in [1.82, 2.24) is 55.3 Å². The van der Waals surface area contributed by atoms with Gasteiger partial charge >= 0.3 is 0 Å². The third-order valence-corrected chi connectivity index (χ3v) is 15.3. The van der Waals surface area contributed by atoms with Gasteiger partial charge in [-0.3, -0.25) is 29.1 Å². The fourth-order valence-electron chi connectivity index (χ4n) is 10.8. The van der Waals surface area contributed by atoms with E-state index in [0.717, 1.165) is 143 Å². The van der Waals surface area contributed by atoms with E-state index in [0.29, 0.717) is 71.6 Å². The predicted octanol–water partition coefficient (Wildman–Crippen LogP) is 3.99. The van der Waals surface area contributed by atoms with Crippen LogP contribution in [0.2, 0.25) is 0 Å². The molecule has 0 bridgehead atoms. The number of piperidine rings is 1. The Morgan fingerprint density at radius 2 is 1.49 bits per heavy atom. The number of anilines is 1. The molecule has 0 saturated carbocycles. The van der Waals surface area contributed by atoms with Crippen molar-refractivity contribution in [3.05, 3.63) is 119 Å². The number of carbonyl (C=O) groups excluding carboxylic acids is 3. The summed E-state index contributed by atoms with van der Waals surface area (Å²) in [5.41, 5.74) is 9.09. The van der Waals surface area contributed by atoms with Crippen LogP contribution in [0.1, 0.15) is 63.7 Å². The number of carbonyl (C=O) groups is 3. The third kappa shape index (κ3) is 18.8. The molecule has 0 radical (unpaired) electrons. The fraction of sp³-hybridized carbons (Fsp3) is 0.525. The molecule has 22 nitrogen and oxygen atoms in total. The highest BCUT2D eigenvalue weighted by Crippen LogP contribution is 2.31. The number of ether oxygens (including phenoxy) is 5. The predicted molar refractivity (Wildman–Crippen MR) is 313 cm³/mol. The molecule has 3 aliphatic heterocycles. The number of nitrogens with one attached hydrogen (secondary N) is 4. The van der Waals surface area contributed by atoms with Gasteiger partial charge in [-0.2, -0.15) is 0 Å². The van der Waals surface area contributed by atoms with Gasteiger partial charge in [-0.15, -0.1) is 0 Å². The Labute approximate surface area is 485 Å². The Morgan fingerprint density at radius 3 is 2.28 bits per heavy atom. The zero-order valence-electron chi connectivity index (χ0n) is 48.2. The molecule has 6 heterocycles. The number of rotatable bonds is 32. The summed E-state index contributed by atoms with van der Waals surface area (Å²) in [6, 6.07) is 24.7. The summed E-state index contributed by atoms with van der Waals surface area (Å²) < 4.78 is 36.1. The summed E-state index contributed by atoms with van der Waals surface area (Å²) >= 11 is 0. The smallest absolute Gasteiger partial charge is 0.270 e. The minimum atomic E-state index is -0.703. The molecule has 5 N–H and O–H groups in total. The highest BCUT2D eigenvalue weighted by molar-refractivity contribution is 5.92. The number of likely N-dealkylation sites (tertiary alicyclic amines) is 1. The molecular formula is C61H82N12O10. The van der Waals surface area contributed by atoms with Crippen molar-refractivity contribution in [2.45, 2.75) is 77.6 Å². The minimum absolute atomic E-state index is 0.0577. The van der Waals surface area contributed by atoms with Crippen LogP contribution >= 0.6 is 0 Å².